The number of esters is 2. The molecule has 0 atom stereocenters. The van der Waals surface area contributed by atoms with E-state index in [0.717, 1.165) is 60.9 Å². The van der Waals surface area contributed by atoms with E-state index in [9.17, 15) is 9.59 Å². The Bertz CT molecular complexity index is 1700. The van der Waals surface area contributed by atoms with Crippen LogP contribution >= 0.6 is 35.1 Å². The van der Waals surface area contributed by atoms with Gasteiger partial charge in [0.2, 0.25) is 0 Å². The highest BCUT2D eigenvalue weighted by Crippen LogP contribution is 2.31. The minimum absolute atomic E-state index is 0.335. The smallest absolute Gasteiger partial charge is 0.330 e. The number of halogens is 1. The van der Waals surface area contributed by atoms with Crippen LogP contribution in [0.2, 0.25) is 5.02 Å². The predicted molar refractivity (Wildman–Crippen MR) is 190 cm³/mol. The van der Waals surface area contributed by atoms with Gasteiger partial charge in [-0.1, -0.05) is 60.6 Å². The maximum absolute atomic E-state index is 11.1. The molecule has 0 aliphatic carbocycles. The fourth-order valence-corrected chi connectivity index (χ4v) is 5.88. The number of hydrogen-bond donors (Lipinski definition) is 0. The van der Waals surface area contributed by atoms with Crippen LogP contribution in [0.25, 0.3) is 11.1 Å². The van der Waals surface area contributed by atoms with E-state index < -0.39 is 11.9 Å². The number of benzene rings is 4. The maximum atomic E-state index is 11.1. The van der Waals surface area contributed by atoms with Crippen molar-refractivity contribution in [3.05, 3.63) is 143 Å². The lowest BCUT2D eigenvalue weighted by molar-refractivity contribution is -0.138. The Morgan fingerprint density at radius 3 is 1.50 bits per heavy atom. The SMILES string of the molecule is C=CC(=O)OCCSc1ccc(C#Cc2ccc(-c3ccc(C#Cc4ccc(SCCOC(=O)C=C)cc4)cc3Cl)c(C)c2)cc1. The fraction of sp³-hybridized carbons (Fsp3) is 0.128. The molecule has 0 spiro atoms. The molecule has 7 heteroatoms. The Balaban J connectivity index is 1.34. The van der Waals surface area contributed by atoms with Gasteiger partial charge in [-0.15, -0.1) is 23.5 Å². The van der Waals surface area contributed by atoms with Crippen LogP contribution in [0.3, 0.4) is 0 Å². The van der Waals surface area contributed by atoms with Crippen LogP contribution in [0.4, 0.5) is 0 Å². The van der Waals surface area contributed by atoms with Gasteiger partial charge in [0.1, 0.15) is 13.2 Å². The zero-order chi connectivity index (χ0) is 32.7. The first-order valence-corrected chi connectivity index (χ1v) is 16.7. The molecule has 4 nitrogen and oxygen atoms in total. The van der Waals surface area contributed by atoms with Gasteiger partial charge in [0, 0.05) is 66.3 Å². The first-order chi connectivity index (χ1) is 22.3. The Morgan fingerprint density at radius 2 is 1.07 bits per heavy atom. The van der Waals surface area contributed by atoms with Gasteiger partial charge in [0.25, 0.3) is 0 Å². The minimum atomic E-state index is -0.410. The summed E-state index contributed by atoms with van der Waals surface area (Å²) in [6.45, 7) is 9.51. The molecule has 0 saturated carbocycles. The average Bonchev–Trinajstić information content (AvgIpc) is 3.08. The summed E-state index contributed by atoms with van der Waals surface area (Å²) in [6, 6.07) is 27.9. The molecule has 0 unspecified atom stereocenters. The van der Waals surface area contributed by atoms with E-state index in [2.05, 4.69) is 49.8 Å². The van der Waals surface area contributed by atoms with E-state index in [0.29, 0.717) is 29.7 Å². The molecule has 46 heavy (non-hydrogen) atoms. The van der Waals surface area contributed by atoms with E-state index in [1.54, 1.807) is 23.5 Å². The number of thioether (sulfide) groups is 2. The lowest BCUT2D eigenvalue weighted by atomic mass is 9.97. The van der Waals surface area contributed by atoms with Gasteiger partial charge < -0.3 is 9.47 Å². The molecular formula is C39H31ClO4S2. The molecular weight excluding hydrogens is 632 g/mol. The topological polar surface area (TPSA) is 52.6 Å². The molecule has 4 aromatic rings. The van der Waals surface area contributed by atoms with Crippen LogP contribution in [0.5, 0.6) is 0 Å². The molecule has 4 rings (SSSR count). The number of rotatable bonds is 11. The summed E-state index contributed by atoms with van der Waals surface area (Å²) in [5.74, 6) is 13.4. The highest BCUT2D eigenvalue weighted by molar-refractivity contribution is 7.99. The second-order valence-corrected chi connectivity index (χ2v) is 12.5. The average molecular weight is 663 g/mol. The van der Waals surface area contributed by atoms with E-state index in [1.807, 2.05) is 78.9 Å². The number of carbonyl (C=O) groups is 2. The summed E-state index contributed by atoms with van der Waals surface area (Å²) in [7, 11) is 0. The molecule has 230 valence electrons. The maximum Gasteiger partial charge on any atom is 0.330 e. The Kier molecular flexibility index (Phi) is 13.3. The molecule has 0 heterocycles. The fourth-order valence-electron chi connectivity index (χ4n) is 4.13. The van der Waals surface area contributed by atoms with Crippen molar-refractivity contribution in [3.63, 3.8) is 0 Å². The third-order valence-corrected chi connectivity index (χ3v) is 8.69. The van der Waals surface area contributed by atoms with Crippen molar-refractivity contribution < 1.29 is 19.1 Å². The van der Waals surface area contributed by atoms with E-state index in [1.165, 1.54) is 0 Å². The third kappa shape index (κ3) is 10.8. The van der Waals surface area contributed by atoms with Crippen molar-refractivity contribution in [2.45, 2.75) is 16.7 Å². The molecule has 0 aliphatic heterocycles. The molecule has 0 aliphatic rings. The molecule has 0 bridgehead atoms. The van der Waals surface area contributed by atoms with Gasteiger partial charge in [0.05, 0.1) is 0 Å². The van der Waals surface area contributed by atoms with Crippen molar-refractivity contribution in [3.8, 4) is 34.8 Å². The van der Waals surface area contributed by atoms with Gasteiger partial charge in [-0.3, -0.25) is 0 Å². The summed E-state index contributed by atoms with van der Waals surface area (Å²) in [5, 5.41) is 0.634. The zero-order valence-corrected chi connectivity index (χ0v) is 27.7. The van der Waals surface area contributed by atoms with Gasteiger partial charge in [-0.05, 0) is 90.8 Å². The number of ether oxygens (including phenoxy) is 2. The Labute approximate surface area is 284 Å². The largest absolute Gasteiger partial charge is 0.462 e. The van der Waals surface area contributed by atoms with Gasteiger partial charge in [-0.25, -0.2) is 9.59 Å². The molecule has 0 radical (unpaired) electrons. The van der Waals surface area contributed by atoms with Crippen LogP contribution in [-0.4, -0.2) is 36.7 Å². The molecule has 4 aromatic carbocycles. The van der Waals surface area contributed by atoms with Crippen LogP contribution < -0.4 is 0 Å². The summed E-state index contributed by atoms with van der Waals surface area (Å²) in [5.41, 5.74) is 6.63. The second kappa shape index (κ2) is 17.8. The standard InChI is InChI=1S/C39H31ClO4S2/c1-4-38(41)43-22-24-45-33-16-10-29(11-17-33)6-8-31-14-20-35(28(3)26-31)36-21-15-32(27-37(36)40)9-7-30-12-18-34(19-13-30)46-25-23-44-39(42)5-2/h4-5,10-21,26-27H,1-2,22-25H2,3H3. The summed E-state index contributed by atoms with van der Waals surface area (Å²) < 4.78 is 10.0. The zero-order valence-electron chi connectivity index (χ0n) is 25.3. The van der Waals surface area contributed by atoms with Crippen LogP contribution in [0.1, 0.15) is 27.8 Å². The van der Waals surface area contributed by atoms with Crippen LogP contribution in [0, 0.1) is 30.6 Å². The summed E-state index contributed by atoms with van der Waals surface area (Å²) >= 11 is 9.94. The Morgan fingerprint density at radius 1 is 0.652 bits per heavy atom. The van der Waals surface area contributed by atoms with Gasteiger partial charge in [0.15, 0.2) is 0 Å². The highest BCUT2D eigenvalue weighted by Gasteiger charge is 2.08. The summed E-state index contributed by atoms with van der Waals surface area (Å²) in [6.07, 6.45) is 2.33. The second-order valence-electron chi connectivity index (χ2n) is 9.71. The summed E-state index contributed by atoms with van der Waals surface area (Å²) in [4.78, 5) is 24.4. The van der Waals surface area contributed by atoms with Crippen molar-refractivity contribution in [1.29, 1.82) is 0 Å². The number of hydrogen-bond acceptors (Lipinski definition) is 6. The van der Waals surface area contributed by atoms with Crippen molar-refractivity contribution in [1.82, 2.24) is 0 Å². The quantitative estimate of drug-likeness (QED) is 0.0526. The molecule has 0 fully saturated rings. The molecule has 0 saturated heterocycles. The molecule has 0 N–H and O–H groups in total. The van der Waals surface area contributed by atoms with Crippen LogP contribution in [0.15, 0.2) is 120 Å². The Hall–Kier alpha value is -4.59. The van der Waals surface area contributed by atoms with Crippen LogP contribution in [-0.2, 0) is 19.1 Å². The molecule has 0 amide bonds. The van der Waals surface area contributed by atoms with Crippen molar-refractivity contribution in [2.24, 2.45) is 0 Å². The monoisotopic (exact) mass is 662 g/mol. The number of aryl methyl sites for hydroxylation is 1. The normalized spacial score (nSPS) is 10.0. The highest BCUT2D eigenvalue weighted by atomic mass is 35.5. The predicted octanol–water partition coefficient (Wildman–Crippen LogP) is 8.76. The minimum Gasteiger partial charge on any atom is -0.462 e. The van der Waals surface area contributed by atoms with Gasteiger partial charge in [-0.2, -0.15) is 0 Å². The van der Waals surface area contributed by atoms with Crippen molar-refractivity contribution in [2.75, 3.05) is 24.7 Å². The van der Waals surface area contributed by atoms with E-state index in [-0.39, 0.29) is 0 Å². The third-order valence-electron chi connectivity index (χ3n) is 6.42. The van der Waals surface area contributed by atoms with Gasteiger partial charge >= 0.3 is 11.9 Å². The molecule has 0 aromatic heterocycles. The lowest BCUT2D eigenvalue weighted by Crippen LogP contribution is -2.03. The first kappa shape index (κ1) is 34.3. The lowest BCUT2D eigenvalue weighted by Gasteiger charge is -2.09. The van der Waals surface area contributed by atoms with Crippen molar-refractivity contribution >= 4 is 47.1 Å². The van der Waals surface area contributed by atoms with E-state index >= 15 is 0 Å². The first-order valence-electron chi connectivity index (χ1n) is 14.3. The van der Waals surface area contributed by atoms with E-state index in [4.69, 9.17) is 21.1 Å². The number of carbonyl (C=O) groups excluding carboxylic acids is 2.